The van der Waals surface area contributed by atoms with Gasteiger partial charge in [-0.15, -0.1) is 0 Å². The Labute approximate surface area is 341 Å². The Morgan fingerprint density at radius 3 is 0.914 bits per heavy atom. The van der Waals surface area contributed by atoms with Gasteiger partial charge in [-0.1, -0.05) is 112 Å². The smallest absolute Gasteiger partial charge is 0.328 e. The van der Waals surface area contributed by atoms with Gasteiger partial charge in [0.2, 0.25) is 11.9 Å². The first-order valence-electron chi connectivity index (χ1n) is 19.5. The van der Waals surface area contributed by atoms with Gasteiger partial charge in [0.25, 0.3) is 0 Å². The maximum absolute atomic E-state index is 6.74. The van der Waals surface area contributed by atoms with Crippen LogP contribution in [0, 0.1) is 41.5 Å². The molecular formula is C51H46N6O. The highest BCUT2D eigenvalue weighted by atomic mass is 16.5. The fourth-order valence-electron chi connectivity index (χ4n) is 6.74. The molecule has 0 atom stereocenters. The van der Waals surface area contributed by atoms with E-state index in [1.807, 2.05) is 28.0 Å². The lowest BCUT2D eigenvalue weighted by Gasteiger charge is -2.27. The van der Waals surface area contributed by atoms with E-state index in [-0.39, 0.29) is 6.01 Å². The van der Waals surface area contributed by atoms with Gasteiger partial charge in [0.05, 0.1) is 0 Å². The van der Waals surface area contributed by atoms with Crippen molar-refractivity contribution in [2.75, 3.05) is 14.7 Å². The van der Waals surface area contributed by atoms with Crippen LogP contribution in [0.3, 0.4) is 0 Å². The Hall–Kier alpha value is -7.25. The Bertz CT molecular complexity index is 2370. The zero-order valence-corrected chi connectivity index (χ0v) is 33.8. The lowest BCUT2D eigenvalue weighted by molar-refractivity contribution is 0.441. The highest BCUT2D eigenvalue weighted by Gasteiger charge is 2.24. The molecule has 1 heterocycles. The van der Waals surface area contributed by atoms with Crippen molar-refractivity contribution in [3.63, 3.8) is 0 Å². The monoisotopic (exact) mass is 758 g/mol. The first-order chi connectivity index (χ1) is 28.2. The van der Waals surface area contributed by atoms with Crippen LogP contribution in [0.1, 0.15) is 33.4 Å². The van der Waals surface area contributed by atoms with Crippen molar-refractivity contribution in [2.45, 2.75) is 41.5 Å². The van der Waals surface area contributed by atoms with Gasteiger partial charge in [0.15, 0.2) is 0 Å². The van der Waals surface area contributed by atoms with E-state index >= 15 is 0 Å². The lowest BCUT2D eigenvalue weighted by Crippen LogP contribution is -2.19. The third-order valence-corrected chi connectivity index (χ3v) is 10.0. The lowest BCUT2D eigenvalue weighted by atomic mass is 10.1. The highest BCUT2D eigenvalue weighted by Crippen LogP contribution is 2.40. The number of rotatable bonds is 11. The van der Waals surface area contributed by atoms with Crippen molar-refractivity contribution in [2.24, 2.45) is 0 Å². The number of ether oxygens (including phenoxy) is 1. The molecule has 0 radical (unpaired) electrons. The maximum atomic E-state index is 6.74. The van der Waals surface area contributed by atoms with Crippen molar-refractivity contribution < 1.29 is 4.74 Å². The fourth-order valence-corrected chi connectivity index (χ4v) is 6.74. The molecule has 0 spiro atoms. The molecule has 7 heteroatoms. The van der Waals surface area contributed by atoms with Gasteiger partial charge >= 0.3 is 6.01 Å². The van der Waals surface area contributed by atoms with Crippen LogP contribution in [0.2, 0.25) is 0 Å². The van der Waals surface area contributed by atoms with Crippen molar-refractivity contribution in [1.82, 2.24) is 15.0 Å². The Kier molecular flexibility index (Phi) is 10.7. The summed E-state index contributed by atoms with van der Waals surface area (Å²) in [5.74, 6) is 1.40. The van der Waals surface area contributed by atoms with Crippen molar-refractivity contribution in [1.29, 1.82) is 0 Å². The molecule has 0 amide bonds. The third kappa shape index (κ3) is 8.44. The number of anilines is 9. The highest BCUT2D eigenvalue weighted by molar-refractivity contribution is 5.79. The summed E-state index contributed by atoms with van der Waals surface area (Å²) in [5.41, 5.74) is 13.6. The van der Waals surface area contributed by atoms with Crippen LogP contribution in [-0.2, 0) is 0 Å². The van der Waals surface area contributed by atoms with Crippen molar-refractivity contribution in [3.8, 4) is 11.8 Å². The molecule has 0 unspecified atom stereocenters. The van der Waals surface area contributed by atoms with Gasteiger partial charge in [0, 0.05) is 45.9 Å². The molecule has 0 saturated carbocycles. The number of benzene rings is 7. The summed E-state index contributed by atoms with van der Waals surface area (Å²) in [6.07, 6.45) is 0. The van der Waals surface area contributed by atoms with Crippen LogP contribution in [-0.4, -0.2) is 15.0 Å². The van der Waals surface area contributed by atoms with Crippen LogP contribution in [0.25, 0.3) is 0 Å². The van der Waals surface area contributed by atoms with E-state index in [1.54, 1.807) is 0 Å². The Morgan fingerprint density at radius 2 is 0.603 bits per heavy atom. The van der Waals surface area contributed by atoms with Crippen LogP contribution in [0.4, 0.5) is 51.7 Å². The van der Waals surface area contributed by atoms with E-state index in [4.69, 9.17) is 19.7 Å². The zero-order chi connectivity index (χ0) is 40.2. The predicted octanol–water partition coefficient (Wildman–Crippen LogP) is 13.9. The zero-order valence-electron chi connectivity index (χ0n) is 33.8. The van der Waals surface area contributed by atoms with E-state index in [0.717, 1.165) is 62.1 Å². The summed E-state index contributed by atoms with van der Waals surface area (Å²) >= 11 is 0. The van der Waals surface area contributed by atoms with Gasteiger partial charge in [0.1, 0.15) is 5.75 Å². The number of aryl methyl sites for hydroxylation is 6. The molecule has 0 fully saturated rings. The molecule has 0 aliphatic carbocycles. The SMILES string of the molecule is Cc1ccc(N(c2ccc(C)cc2)c2cccc(Oc3nc(N(c4ccc(C)cc4)c4ccc(C)cc4)nc(N(c4ccc(C)cc4)c4ccc(C)cc4)n3)c2)cc1. The molecule has 0 aliphatic heterocycles. The fraction of sp³-hybridized carbons (Fsp3) is 0.118. The van der Waals surface area contributed by atoms with Crippen molar-refractivity contribution in [3.05, 3.63) is 203 Å². The summed E-state index contributed by atoms with van der Waals surface area (Å²) in [6.45, 7) is 12.5. The molecular weight excluding hydrogens is 713 g/mol. The van der Waals surface area contributed by atoms with E-state index in [1.165, 1.54) is 11.1 Å². The van der Waals surface area contributed by atoms with Gasteiger partial charge in [-0.3, -0.25) is 9.80 Å². The number of nitrogens with zero attached hydrogens (tertiary/aromatic N) is 6. The molecule has 58 heavy (non-hydrogen) atoms. The average Bonchev–Trinajstić information content (AvgIpc) is 3.23. The van der Waals surface area contributed by atoms with E-state index in [2.05, 4.69) is 198 Å². The summed E-state index contributed by atoms with van der Waals surface area (Å²) in [6, 6.07) is 58.8. The van der Waals surface area contributed by atoms with E-state index < -0.39 is 0 Å². The van der Waals surface area contributed by atoms with Crippen LogP contribution >= 0.6 is 0 Å². The summed E-state index contributed by atoms with van der Waals surface area (Å²) in [5, 5.41) is 0. The average molecular weight is 759 g/mol. The molecule has 8 rings (SSSR count). The van der Waals surface area contributed by atoms with E-state index in [0.29, 0.717) is 17.6 Å². The normalized spacial score (nSPS) is 10.9. The Morgan fingerprint density at radius 1 is 0.310 bits per heavy atom. The Balaban J connectivity index is 1.30. The molecule has 0 aliphatic rings. The number of hydrogen-bond acceptors (Lipinski definition) is 7. The first kappa shape index (κ1) is 37.7. The van der Waals surface area contributed by atoms with Gasteiger partial charge < -0.3 is 9.64 Å². The molecule has 7 nitrogen and oxygen atoms in total. The second kappa shape index (κ2) is 16.5. The maximum Gasteiger partial charge on any atom is 0.328 e. The summed E-state index contributed by atoms with van der Waals surface area (Å²) in [7, 11) is 0. The second-order valence-corrected chi connectivity index (χ2v) is 14.8. The molecule has 7 aromatic carbocycles. The second-order valence-electron chi connectivity index (χ2n) is 14.8. The minimum atomic E-state index is 0.155. The molecule has 1 aromatic heterocycles. The first-order valence-corrected chi connectivity index (χ1v) is 19.5. The largest absolute Gasteiger partial charge is 0.424 e. The minimum Gasteiger partial charge on any atom is -0.424 e. The molecule has 8 aromatic rings. The van der Waals surface area contributed by atoms with Crippen molar-refractivity contribution >= 4 is 51.7 Å². The van der Waals surface area contributed by atoms with Crippen LogP contribution in [0.15, 0.2) is 170 Å². The van der Waals surface area contributed by atoms with Crippen LogP contribution < -0.4 is 19.4 Å². The number of hydrogen-bond donors (Lipinski definition) is 0. The standard InChI is InChI=1S/C51H46N6O/c1-35-10-22-41(23-11-35)55(42-24-12-36(2)13-25-42)47-8-7-9-48(34-47)58-51-53-49(56(43-26-14-37(3)15-27-43)44-28-16-38(4)17-29-44)52-50(54-51)57(45-30-18-39(5)19-31-45)46-32-20-40(6)21-33-46/h7-34H,1-6H3. The van der Waals surface area contributed by atoms with Crippen LogP contribution in [0.5, 0.6) is 11.8 Å². The summed E-state index contributed by atoms with van der Waals surface area (Å²) in [4.78, 5) is 21.7. The molecule has 286 valence electrons. The molecule has 0 saturated heterocycles. The quantitative estimate of drug-likeness (QED) is 0.130. The summed E-state index contributed by atoms with van der Waals surface area (Å²) < 4.78 is 6.74. The minimum absolute atomic E-state index is 0.155. The predicted molar refractivity (Wildman–Crippen MR) is 239 cm³/mol. The van der Waals surface area contributed by atoms with Gasteiger partial charge in [-0.2, -0.15) is 15.0 Å². The molecule has 0 N–H and O–H groups in total. The van der Waals surface area contributed by atoms with E-state index in [9.17, 15) is 0 Å². The third-order valence-electron chi connectivity index (χ3n) is 10.0. The number of aromatic nitrogens is 3. The molecule has 0 bridgehead atoms. The van der Waals surface area contributed by atoms with Gasteiger partial charge in [-0.25, -0.2) is 0 Å². The van der Waals surface area contributed by atoms with Gasteiger partial charge in [-0.05, 0) is 126 Å². The topological polar surface area (TPSA) is 57.6 Å².